The SMILES string of the molecule is CCCOc1ccc(NC(=O)CCC(=O)c2ccc(OC)cc2)cc1. The molecule has 0 aliphatic carbocycles. The second kappa shape index (κ2) is 9.47. The van der Waals surface area contributed by atoms with Gasteiger partial charge in [-0.2, -0.15) is 0 Å². The molecular formula is C20H23NO4. The lowest BCUT2D eigenvalue weighted by Gasteiger charge is -2.08. The summed E-state index contributed by atoms with van der Waals surface area (Å²) in [4.78, 5) is 24.1. The molecule has 0 radical (unpaired) electrons. The minimum absolute atomic E-state index is 0.0684. The van der Waals surface area contributed by atoms with Gasteiger partial charge in [0.25, 0.3) is 0 Å². The van der Waals surface area contributed by atoms with Crippen LogP contribution in [0, 0.1) is 0 Å². The van der Waals surface area contributed by atoms with Gasteiger partial charge in [0.2, 0.25) is 5.91 Å². The molecule has 5 heteroatoms. The first-order valence-corrected chi connectivity index (χ1v) is 8.32. The van der Waals surface area contributed by atoms with Crippen LogP contribution in [0.4, 0.5) is 5.69 Å². The number of anilines is 1. The van der Waals surface area contributed by atoms with Gasteiger partial charge in [-0.15, -0.1) is 0 Å². The van der Waals surface area contributed by atoms with Crippen LogP contribution >= 0.6 is 0 Å². The van der Waals surface area contributed by atoms with E-state index in [4.69, 9.17) is 9.47 Å². The smallest absolute Gasteiger partial charge is 0.224 e. The van der Waals surface area contributed by atoms with Crippen molar-refractivity contribution >= 4 is 17.4 Å². The van der Waals surface area contributed by atoms with Crippen LogP contribution < -0.4 is 14.8 Å². The van der Waals surface area contributed by atoms with E-state index in [1.54, 1.807) is 43.5 Å². The molecular weight excluding hydrogens is 318 g/mol. The van der Waals surface area contributed by atoms with Crippen molar-refractivity contribution in [3.63, 3.8) is 0 Å². The van der Waals surface area contributed by atoms with Crippen molar-refractivity contribution in [2.24, 2.45) is 0 Å². The molecule has 2 aromatic rings. The summed E-state index contributed by atoms with van der Waals surface area (Å²) in [5.41, 5.74) is 1.26. The molecule has 0 saturated heterocycles. The molecule has 0 bridgehead atoms. The monoisotopic (exact) mass is 341 g/mol. The van der Waals surface area contributed by atoms with E-state index in [1.807, 2.05) is 19.1 Å². The normalized spacial score (nSPS) is 10.2. The van der Waals surface area contributed by atoms with Gasteiger partial charge in [-0.25, -0.2) is 0 Å². The molecule has 0 fully saturated rings. The third kappa shape index (κ3) is 5.95. The fraction of sp³-hybridized carbons (Fsp3) is 0.300. The number of nitrogens with one attached hydrogen (secondary N) is 1. The fourth-order valence-electron chi connectivity index (χ4n) is 2.23. The van der Waals surface area contributed by atoms with Gasteiger partial charge >= 0.3 is 0 Å². The maximum absolute atomic E-state index is 12.1. The summed E-state index contributed by atoms with van der Waals surface area (Å²) in [6.07, 6.45) is 1.25. The molecule has 0 aliphatic heterocycles. The number of Topliss-reactive ketones (excluding diaryl/α,β-unsaturated/α-hetero) is 1. The highest BCUT2D eigenvalue weighted by Crippen LogP contribution is 2.17. The highest BCUT2D eigenvalue weighted by Gasteiger charge is 2.10. The van der Waals surface area contributed by atoms with E-state index in [0.29, 0.717) is 23.6 Å². The molecule has 0 heterocycles. The molecule has 2 rings (SSSR count). The van der Waals surface area contributed by atoms with Crippen molar-refractivity contribution in [2.75, 3.05) is 19.0 Å². The Morgan fingerprint density at radius 2 is 1.56 bits per heavy atom. The molecule has 1 N–H and O–H groups in total. The summed E-state index contributed by atoms with van der Waals surface area (Å²) in [5, 5.41) is 2.78. The van der Waals surface area contributed by atoms with Crippen LogP contribution in [0.2, 0.25) is 0 Å². The molecule has 0 spiro atoms. The first-order chi connectivity index (χ1) is 12.1. The van der Waals surface area contributed by atoms with Crippen molar-refractivity contribution in [3.05, 3.63) is 54.1 Å². The first-order valence-electron chi connectivity index (χ1n) is 8.32. The van der Waals surface area contributed by atoms with E-state index in [-0.39, 0.29) is 24.5 Å². The quantitative estimate of drug-likeness (QED) is 0.698. The van der Waals surface area contributed by atoms with Gasteiger partial charge < -0.3 is 14.8 Å². The van der Waals surface area contributed by atoms with Crippen molar-refractivity contribution in [2.45, 2.75) is 26.2 Å². The Labute approximate surface area is 148 Å². The number of carbonyl (C=O) groups is 2. The van der Waals surface area contributed by atoms with Crippen molar-refractivity contribution in [1.82, 2.24) is 0 Å². The third-order valence-electron chi connectivity index (χ3n) is 3.60. The number of ketones is 1. The molecule has 5 nitrogen and oxygen atoms in total. The predicted molar refractivity (Wildman–Crippen MR) is 97.4 cm³/mol. The van der Waals surface area contributed by atoms with E-state index in [1.165, 1.54) is 0 Å². The zero-order valence-corrected chi connectivity index (χ0v) is 14.6. The van der Waals surface area contributed by atoms with Gasteiger partial charge in [0, 0.05) is 24.1 Å². The number of rotatable bonds is 9. The highest BCUT2D eigenvalue weighted by molar-refractivity contribution is 6.00. The second-order valence-corrected chi connectivity index (χ2v) is 5.57. The van der Waals surface area contributed by atoms with Crippen molar-refractivity contribution in [3.8, 4) is 11.5 Å². The van der Waals surface area contributed by atoms with E-state index in [0.717, 1.165) is 12.2 Å². The van der Waals surface area contributed by atoms with Crippen LogP contribution in [0.15, 0.2) is 48.5 Å². The largest absolute Gasteiger partial charge is 0.497 e. The Balaban J connectivity index is 1.80. The molecule has 2 aromatic carbocycles. The molecule has 132 valence electrons. The van der Waals surface area contributed by atoms with E-state index >= 15 is 0 Å². The molecule has 0 aromatic heterocycles. The van der Waals surface area contributed by atoms with Gasteiger partial charge in [0.15, 0.2) is 5.78 Å². The number of methoxy groups -OCH3 is 1. The van der Waals surface area contributed by atoms with Gasteiger partial charge in [-0.05, 0) is 55.0 Å². The van der Waals surface area contributed by atoms with E-state index < -0.39 is 0 Å². The van der Waals surface area contributed by atoms with Crippen LogP contribution in [0.5, 0.6) is 11.5 Å². The highest BCUT2D eigenvalue weighted by atomic mass is 16.5. The number of amides is 1. The lowest BCUT2D eigenvalue weighted by atomic mass is 10.1. The first kappa shape index (κ1) is 18.5. The summed E-state index contributed by atoms with van der Waals surface area (Å²) in [7, 11) is 1.57. The Bertz CT molecular complexity index is 693. The topological polar surface area (TPSA) is 64.6 Å². The third-order valence-corrected chi connectivity index (χ3v) is 3.60. The number of benzene rings is 2. The summed E-state index contributed by atoms with van der Waals surface area (Å²) >= 11 is 0. The van der Waals surface area contributed by atoms with Gasteiger partial charge in [0.1, 0.15) is 11.5 Å². The Kier molecular flexibility index (Phi) is 7.01. The number of hydrogen-bond donors (Lipinski definition) is 1. The molecule has 0 aliphatic rings. The maximum atomic E-state index is 12.1. The molecule has 0 atom stereocenters. The zero-order valence-electron chi connectivity index (χ0n) is 14.6. The molecule has 0 unspecified atom stereocenters. The van der Waals surface area contributed by atoms with Crippen LogP contribution in [-0.4, -0.2) is 25.4 Å². The van der Waals surface area contributed by atoms with Crippen molar-refractivity contribution < 1.29 is 19.1 Å². The number of hydrogen-bond acceptors (Lipinski definition) is 4. The summed E-state index contributed by atoms with van der Waals surface area (Å²) < 4.78 is 10.6. The zero-order chi connectivity index (χ0) is 18.1. The molecule has 1 amide bonds. The van der Waals surface area contributed by atoms with E-state index in [2.05, 4.69) is 5.32 Å². The Hall–Kier alpha value is -2.82. The van der Waals surface area contributed by atoms with Crippen LogP contribution in [0.3, 0.4) is 0 Å². The maximum Gasteiger partial charge on any atom is 0.224 e. The van der Waals surface area contributed by atoms with Crippen LogP contribution in [0.1, 0.15) is 36.5 Å². The number of ether oxygens (including phenoxy) is 2. The Morgan fingerprint density at radius 3 is 2.16 bits per heavy atom. The van der Waals surface area contributed by atoms with Gasteiger partial charge in [0.05, 0.1) is 13.7 Å². The fourth-order valence-corrected chi connectivity index (χ4v) is 2.23. The average molecular weight is 341 g/mol. The summed E-state index contributed by atoms with van der Waals surface area (Å²) in [6, 6.07) is 14.1. The van der Waals surface area contributed by atoms with E-state index in [9.17, 15) is 9.59 Å². The minimum Gasteiger partial charge on any atom is -0.497 e. The van der Waals surface area contributed by atoms with Crippen molar-refractivity contribution in [1.29, 1.82) is 0 Å². The van der Waals surface area contributed by atoms with Gasteiger partial charge in [-0.3, -0.25) is 9.59 Å². The average Bonchev–Trinajstić information content (AvgIpc) is 2.65. The van der Waals surface area contributed by atoms with Crippen LogP contribution in [-0.2, 0) is 4.79 Å². The second-order valence-electron chi connectivity index (χ2n) is 5.57. The minimum atomic E-state index is -0.191. The molecule has 0 saturated carbocycles. The lowest BCUT2D eigenvalue weighted by Crippen LogP contribution is -2.13. The van der Waals surface area contributed by atoms with Gasteiger partial charge in [-0.1, -0.05) is 6.92 Å². The molecule has 25 heavy (non-hydrogen) atoms. The van der Waals surface area contributed by atoms with Crippen LogP contribution in [0.25, 0.3) is 0 Å². The summed E-state index contributed by atoms with van der Waals surface area (Å²) in [5.74, 6) is 1.21. The standard InChI is InChI=1S/C20H23NO4/c1-3-14-25-18-10-6-16(7-11-18)21-20(23)13-12-19(22)15-4-8-17(24-2)9-5-15/h4-11H,3,12-14H2,1-2H3,(H,21,23). The Morgan fingerprint density at radius 1 is 0.920 bits per heavy atom. The lowest BCUT2D eigenvalue weighted by molar-refractivity contribution is -0.116. The number of carbonyl (C=O) groups excluding carboxylic acids is 2. The summed E-state index contributed by atoms with van der Waals surface area (Å²) in [6.45, 7) is 2.71. The predicted octanol–water partition coefficient (Wildman–Crippen LogP) is 4.09.